The average molecular weight is 431 g/mol. The molecule has 4 rings (SSSR count). The van der Waals surface area contributed by atoms with Crippen LogP contribution in [-0.4, -0.2) is 34.1 Å². The quantitative estimate of drug-likeness (QED) is 0.488. The topological polar surface area (TPSA) is 60.7 Å². The van der Waals surface area contributed by atoms with Crippen LogP contribution in [0.4, 0.5) is 0 Å². The molecule has 3 nitrogen and oxygen atoms in total. The maximum Gasteiger partial charge on any atom is 0.0783 e. The van der Waals surface area contributed by atoms with Crippen LogP contribution < -0.4 is 0 Å². The van der Waals surface area contributed by atoms with E-state index < -0.39 is 6.10 Å². The SMILES string of the molecule is C=C(CCC(C)C1CCC2C3CCC4CC(O)CCC4(CO)C3=CC(O)C12C)C(C)C. The highest BCUT2D eigenvalue weighted by atomic mass is 16.3. The second-order valence-electron chi connectivity index (χ2n) is 12.2. The summed E-state index contributed by atoms with van der Waals surface area (Å²) in [6, 6.07) is 0. The van der Waals surface area contributed by atoms with Gasteiger partial charge in [-0.15, -0.1) is 0 Å². The number of hydrogen-bond donors (Lipinski definition) is 3. The molecule has 0 bridgehead atoms. The summed E-state index contributed by atoms with van der Waals surface area (Å²) in [5, 5.41) is 32.4. The van der Waals surface area contributed by atoms with Crippen LogP contribution in [0.25, 0.3) is 0 Å². The third-order valence-corrected chi connectivity index (χ3v) is 10.6. The van der Waals surface area contributed by atoms with Gasteiger partial charge in [-0.3, -0.25) is 0 Å². The Morgan fingerprint density at radius 3 is 2.55 bits per heavy atom. The van der Waals surface area contributed by atoms with Crippen molar-refractivity contribution in [1.29, 1.82) is 0 Å². The second-order valence-corrected chi connectivity index (χ2v) is 12.2. The van der Waals surface area contributed by atoms with E-state index in [4.69, 9.17) is 0 Å². The predicted molar refractivity (Wildman–Crippen MR) is 126 cm³/mol. The molecule has 0 aromatic rings. The fraction of sp³-hybridized carbons (Fsp3) is 0.857. The van der Waals surface area contributed by atoms with Crippen molar-refractivity contribution in [2.75, 3.05) is 6.61 Å². The molecular formula is C28H46O3. The van der Waals surface area contributed by atoms with Gasteiger partial charge in [-0.25, -0.2) is 0 Å². The Kier molecular flexibility index (Phi) is 6.53. The first-order valence-corrected chi connectivity index (χ1v) is 13.0. The van der Waals surface area contributed by atoms with E-state index in [2.05, 4.69) is 40.3 Å². The van der Waals surface area contributed by atoms with Gasteiger partial charge in [0.1, 0.15) is 0 Å². The fourth-order valence-corrected chi connectivity index (χ4v) is 8.47. The summed E-state index contributed by atoms with van der Waals surface area (Å²) in [7, 11) is 0. The Bertz CT molecular complexity index is 711. The highest BCUT2D eigenvalue weighted by molar-refractivity contribution is 5.32. The van der Waals surface area contributed by atoms with Crippen LogP contribution >= 0.6 is 0 Å². The third-order valence-electron chi connectivity index (χ3n) is 10.6. The highest BCUT2D eigenvalue weighted by Crippen LogP contribution is 2.66. The van der Waals surface area contributed by atoms with Gasteiger partial charge < -0.3 is 15.3 Å². The smallest absolute Gasteiger partial charge is 0.0783 e. The van der Waals surface area contributed by atoms with Gasteiger partial charge in [-0.2, -0.15) is 0 Å². The van der Waals surface area contributed by atoms with Crippen LogP contribution in [0.15, 0.2) is 23.8 Å². The zero-order chi connectivity index (χ0) is 22.6. The Balaban J connectivity index is 1.59. The van der Waals surface area contributed by atoms with Crippen LogP contribution in [0.3, 0.4) is 0 Å². The lowest BCUT2D eigenvalue weighted by Crippen LogP contribution is -2.55. The van der Waals surface area contributed by atoms with Gasteiger partial charge in [0.2, 0.25) is 0 Å². The molecule has 0 aromatic heterocycles. The first-order valence-electron chi connectivity index (χ1n) is 13.0. The summed E-state index contributed by atoms with van der Waals surface area (Å²) in [4.78, 5) is 0. The van der Waals surface area contributed by atoms with E-state index in [1.807, 2.05) is 0 Å². The van der Waals surface area contributed by atoms with Crippen LogP contribution in [0.1, 0.15) is 85.5 Å². The lowest BCUT2D eigenvalue weighted by molar-refractivity contribution is -0.0777. The second kappa shape index (κ2) is 8.61. The van der Waals surface area contributed by atoms with E-state index in [-0.39, 0.29) is 23.5 Å². The van der Waals surface area contributed by atoms with Crippen molar-refractivity contribution in [2.24, 2.45) is 46.3 Å². The van der Waals surface area contributed by atoms with Crippen LogP contribution in [-0.2, 0) is 0 Å². The minimum Gasteiger partial charge on any atom is -0.395 e. The Morgan fingerprint density at radius 2 is 1.87 bits per heavy atom. The van der Waals surface area contributed by atoms with Crippen molar-refractivity contribution in [3.05, 3.63) is 23.8 Å². The lowest BCUT2D eigenvalue weighted by atomic mass is 9.47. The number of hydrogen-bond acceptors (Lipinski definition) is 3. The highest BCUT2D eigenvalue weighted by Gasteiger charge is 2.61. The molecular weight excluding hydrogens is 384 g/mol. The molecule has 3 heteroatoms. The molecule has 0 aromatic carbocycles. The zero-order valence-corrected chi connectivity index (χ0v) is 20.3. The van der Waals surface area contributed by atoms with Crippen molar-refractivity contribution >= 4 is 0 Å². The molecule has 9 atom stereocenters. The van der Waals surface area contributed by atoms with Gasteiger partial charge in [0.15, 0.2) is 0 Å². The maximum absolute atomic E-state index is 11.6. The van der Waals surface area contributed by atoms with Crippen molar-refractivity contribution in [3.8, 4) is 0 Å². The van der Waals surface area contributed by atoms with E-state index in [9.17, 15) is 15.3 Å². The maximum atomic E-state index is 11.6. The first-order chi connectivity index (χ1) is 14.6. The van der Waals surface area contributed by atoms with Gasteiger partial charge in [0.05, 0.1) is 18.8 Å². The van der Waals surface area contributed by atoms with Crippen molar-refractivity contribution < 1.29 is 15.3 Å². The Labute approximate surface area is 190 Å². The summed E-state index contributed by atoms with van der Waals surface area (Å²) in [6.07, 6.45) is 10.9. The minimum absolute atomic E-state index is 0.0651. The normalized spacial score (nSPS) is 45.5. The average Bonchev–Trinajstić information content (AvgIpc) is 3.10. The molecule has 0 aliphatic heterocycles. The number of allylic oxidation sites excluding steroid dienone is 1. The molecule has 3 N–H and O–H groups in total. The van der Waals surface area contributed by atoms with Gasteiger partial charge in [-0.05, 0) is 93.3 Å². The van der Waals surface area contributed by atoms with Crippen molar-refractivity contribution in [2.45, 2.75) is 97.7 Å². The molecule has 0 spiro atoms. The fourth-order valence-electron chi connectivity index (χ4n) is 8.47. The van der Waals surface area contributed by atoms with Crippen LogP contribution in [0.5, 0.6) is 0 Å². The van der Waals surface area contributed by atoms with E-state index in [0.717, 1.165) is 38.5 Å². The van der Waals surface area contributed by atoms with Crippen LogP contribution in [0.2, 0.25) is 0 Å². The van der Waals surface area contributed by atoms with E-state index in [1.54, 1.807) is 0 Å². The Morgan fingerprint density at radius 1 is 1.13 bits per heavy atom. The monoisotopic (exact) mass is 430 g/mol. The summed E-state index contributed by atoms with van der Waals surface area (Å²) in [5.74, 6) is 3.04. The zero-order valence-electron chi connectivity index (χ0n) is 20.3. The Hall–Kier alpha value is -0.640. The molecule has 176 valence electrons. The predicted octanol–water partition coefficient (Wildman–Crippen LogP) is 5.50. The first kappa shape index (κ1) is 23.5. The number of fused-ring (bicyclic) bond motifs is 5. The van der Waals surface area contributed by atoms with Crippen LogP contribution in [0, 0.1) is 46.3 Å². The summed E-state index contributed by atoms with van der Waals surface area (Å²) in [5.41, 5.74) is 2.43. The van der Waals surface area contributed by atoms with Gasteiger partial charge in [-0.1, -0.05) is 51.5 Å². The third kappa shape index (κ3) is 3.67. The van der Waals surface area contributed by atoms with E-state index >= 15 is 0 Å². The van der Waals surface area contributed by atoms with Crippen molar-refractivity contribution in [3.63, 3.8) is 0 Å². The molecule has 4 aliphatic rings. The molecule has 0 radical (unpaired) electrons. The lowest BCUT2D eigenvalue weighted by Gasteiger charge is -2.58. The molecule has 0 saturated heterocycles. The van der Waals surface area contributed by atoms with Gasteiger partial charge in [0.25, 0.3) is 0 Å². The molecule has 3 saturated carbocycles. The molecule has 31 heavy (non-hydrogen) atoms. The number of aliphatic hydroxyl groups excluding tert-OH is 3. The number of aliphatic hydroxyl groups is 3. The standard InChI is InChI=1S/C28H46O3/c1-17(2)18(3)6-7-19(4)23-10-11-24-22-9-8-20-14-21(30)12-13-28(20,16-29)25(22)15-26(31)27(23,24)5/h15,17,19-24,26,29-31H,3,6-14,16H2,1-2,4-5H3. The minimum atomic E-state index is -0.430. The summed E-state index contributed by atoms with van der Waals surface area (Å²) >= 11 is 0. The van der Waals surface area contributed by atoms with Crippen molar-refractivity contribution in [1.82, 2.24) is 0 Å². The molecule has 9 unspecified atom stereocenters. The van der Waals surface area contributed by atoms with E-state index in [1.165, 1.54) is 30.4 Å². The van der Waals surface area contributed by atoms with Gasteiger partial charge >= 0.3 is 0 Å². The molecule has 3 fully saturated rings. The van der Waals surface area contributed by atoms with Gasteiger partial charge in [0, 0.05) is 10.8 Å². The molecule has 0 amide bonds. The summed E-state index contributed by atoms with van der Waals surface area (Å²) in [6.45, 7) is 13.7. The summed E-state index contributed by atoms with van der Waals surface area (Å²) < 4.78 is 0. The largest absolute Gasteiger partial charge is 0.395 e. The van der Waals surface area contributed by atoms with E-state index in [0.29, 0.717) is 35.5 Å². The molecule has 0 heterocycles. The number of rotatable bonds is 6. The molecule has 4 aliphatic carbocycles.